The van der Waals surface area contributed by atoms with Crippen molar-refractivity contribution in [2.24, 2.45) is 4.99 Å². The maximum atomic E-state index is 12.4. The summed E-state index contributed by atoms with van der Waals surface area (Å²) >= 11 is 3.45. The number of pyridine rings is 1. The van der Waals surface area contributed by atoms with Gasteiger partial charge in [0, 0.05) is 22.1 Å². The van der Waals surface area contributed by atoms with Crippen LogP contribution in [0.2, 0.25) is 0 Å². The van der Waals surface area contributed by atoms with Gasteiger partial charge in [-0.25, -0.2) is 9.98 Å². The van der Waals surface area contributed by atoms with Crippen molar-refractivity contribution in [3.8, 4) is 18.0 Å². The molecule has 7 N–H and O–H groups in total. The highest BCUT2D eigenvalue weighted by Gasteiger charge is 2.31. The number of nitrogens with two attached hydrogens (primary N) is 2. The van der Waals surface area contributed by atoms with Crippen LogP contribution in [-0.4, -0.2) is 23.5 Å². The van der Waals surface area contributed by atoms with Gasteiger partial charge in [0.1, 0.15) is 35.1 Å². The maximum Gasteiger partial charge on any atom is 0.258 e. The molecule has 0 saturated carbocycles. The van der Waals surface area contributed by atoms with Gasteiger partial charge >= 0.3 is 0 Å². The minimum atomic E-state index is -0.822. The molecule has 11 nitrogen and oxygen atoms in total. The SMILES string of the molecule is N#CNC1=NC(c2cc(Br)ccc2OCC(=O)NCc2ccccc2)c2c(nc(N)c(C#N)c2N)N1. The zero-order chi connectivity index (χ0) is 25.7. The second-order valence-electron chi connectivity index (χ2n) is 7.64. The van der Waals surface area contributed by atoms with Crippen LogP contribution >= 0.6 is 15.9 Å². The first-order valence-corrected chi connectivity index (χ1v) is 11.4. The third kappa shape index (κ3) is 5.14. The van der Waals surface area contributed by atoms with Crippen molar-refractivity contribution in [3.05, 3.63) is 75.3 Å². The van der Waals surface area contributed by atoms with Crippen LogP contribution in [0.1, 0.15) is 28.3 Å². The predicted octanol–water partition coefficient (Wildman–Crippen LogP) is 2.52. The summed E-state index contributed by atoms with van der Waals surface area (Å²) < 4.78 is 6.58. The number of benzene rings is 2. The van der Waals surface area contributed by atoms with E-state index in [4.69, 9.17) is 21.5 Å². The average molecular weight is 546 g/mol. The predicted molar refractivity (Wildman–Crippen MR) is 137 cm³/mol. The third-order valence-corrected chi connectivity index (χ3v) is 5.81. The van der Waals surface area contributed by atoms with Crippen molar-refractivity contribution in [2.45, 2.75) is 12.6 Å². The molecule has 1 aliphatic heterocycles. The summed E-state index contributed by atoms with van der Waals surface area (Å²) in [5, 5.41) is 26.8. The zero-order valence-electron chi connectivity index (χ0n) is 18.7. The Morgan fingerprint density at radius 2 is 1.97 bits per heavy atom. The number of nitrogen functional groups attached to an aromatic ring is 2. The van der Waals surface area contributed by atoms with Gasteiger partial charge in [0.15, 0.2) is 12.8 Å². The Balaban J connectivity index is 1.66. The van der Waals surface area contributed by atoms with Gasteiger partial charge < -0.3 is 26.8 Å². The number of amides is 1. The minimum absolute atomic E-state index is 0.0187. The number of nitrogens with one attached hydrogen (secondary N) is 3. The molecule has 4 rings (SSSR count). The summed E-state index contributed by atoms with van der Waals surface area (Å²) in [6.07, 6.45) is 1.81. The number of fused-ring (bicyclic) bond motifs is 1. The van der Waals surface area contributed by atoms with Crippen molar-refractivity contribution in [1.29, 1.82) is 10.5 Å². The van der Waals surface area contributed by atoms with Crippen LogP contribution in [0.3, 0.4) is 0 Å². The van der Waals surface area contributed by atoms with Gasteiger partial charge in [-0.3, -0.25) is 10.1 Å². The Morgan fingerprint density at radius 3 is 2.69 bits per heavy atom. The summed E-state index contributed by atoms with van der Waals surface area (Å²) in [5.74, 6) is 0.347. The standard InChI is InChI=1S/C24H20BrN9O2/c25-14-6-7-17(36-11-18(35)30-10-13-4-2-1-3-5-13)15(8-14)21-19-20(28)16(9-26)22(29)33-23(19)34-24(32-21)31-12-27/h1-8,21H,10-11H2,(H,30,35)(H6,28,29,31,32,33,34). The molecule has 1 aromatic heterocycles. The fourth-order valence-corrected chi connectivity index (χ4v) is 4.04. The molecule has 0 bridgehead atoms. The van der Waals surface area contributed by atoms with E-state index in [9.17, 15) is 10.1 Å². The second-order valence-corrected chi connectivity index (χ2v) is 8.55. The Labute approximate surface area is 214 Å². The molecule has 0 aliphatic carbocycles. The lowest BCUT2D eigenvalue weighted by Gasteiger charge is -2.27. The van der Waals surface area contributed by atoms with E-state index >= 15 is 0 Å². The number of aliphatic imine (C=N–C) groups is 1. The van der Waals surface area contributed by atoms with Gasteiger partial charge in [-0.05, 0) is 23.8 Å². The molecular weight excluding hydrogens is 526 g/mol. The highest BCUT2D eigenvalue weighted by atomic mass is 79.9. The molecule has 1 aliphatic rings. The van der Waals surface area contributed by atoms with Crippen molar-refractivity contribution >= 4 is 45.1 Å². The molecule has 1 unspecified atom stereocenters. The fourth-order valence-electron chi connectivity index (χ4n) is 3.66. The number of nitriles is 2. The number of halogens is 1. The molecule has 180 valence electrons. The molecule has 12 heteroatoms. The lowest BCUT2D eigenvalue weighted by molar-refractivity contribution is -0.123. The van der Waals surface area contributed by atoms with Gasteiger partial charge in [-0.2, -0.15) is 10.5 Å². The lowest BCUT2D eigenvalue weighted by atomic mass is 9.94. The summed E-state index contributed by atoms with van der Waals surface area (Å²) in [6.45, 7) is 0.122. The third-order valence-electron chi connectivity index (χ3n) is 5.32. The molecule has 0 spiro atoms. The molecule has 0 fully saturated rings. The molecule has 0 saturated heterocycles. The summed E-state index contributed by atoms with van der Waals surface area (Å²) in [5.41, 5.74) is 14.2. The number of aromatic nitrogens is 1. The van der Waals surface area contributed by atoms with Crippen LogP contribution < -0.4 is 32.2 Å². The molecule has 2 heterocycles. The maximum absolute atomic E-state index is 12.4. The molecule has 36 heavy (non-hydrogen) atoms. The number of rotatable bonds is 6. The van der Waals surface area contributed by atoms with Gasteiger partial charge in [0.25, 0.3) is 5.91 Å². The smallest absolute Gasteiger partial charge is 0.258 e. The van der Waals surface area contributed by atoms with E-state index in [-0.39, 0.29) is 41.4 Å². The van der Waals surface area contributed by atoms with Gasteiger partial charge in [-0.1, -0.05) is 46.3 Å². The van der Waals surface area contributed by atoms with Crippen LogP contribution in [0.5, 0.6) is 5.75 Å². The van der Waals surface area contributed by atoms with Crippen LogP contribution in [0.15, 0.2) is 58.0 Å². The van der Waals surface area contributed by atoms with Gasteiger partial charge in [-0.15, -0.1) is 0 Å². The first-order chi connectivity index (χ1) is 17.4. The number of hydrogen-bond acceptors (Lipinski definition) is 10. The number of carbonyl (C=O) groups is 1. The van der Waals surface area contributed by atoms with Gasteiger partial charge in [0.2, 0.25) is 5.96 Å². The zero-order valence-corrected chi connectivity index (χ0v) is 20.3. The van der Waals surface area contributed by atoms with E-state index in [1.165, 1.54) is 0 Å². The van der Waals surface area contributed by atoms with Crippen LogP contribution in [0, 0.1) is 22.8 Å². The largest absolute Gasteiger partial charge is 0.483 e. The summed E-state index contributed by atoms with van der Waals surface area (Å²) in [4.78, 5) is 21.3. The number of anilines is 3. The number of ether oxygens (including phenoxy) is 1. The van der Waals surface area contributed by atoms with E-state index in [0.717, 1.165) is 5.56 Å². The quantitative estimate of drug-likeness (QED) is 0.229. The Kier molecular flexibility index (Phi) is 7.18. The molecular formula is C24H20BrN9O2. The average Bonchev–Trinajstić information content (AvgIpc) is 2.87. The van der Waals surface area contributed by atoms with Crippen LogP contribution in [0.4, 0.5) is 17.3 Å². The summed E-state index contributed by atoms with van der Waals surface area (Å²) in [7, 11) is 0. The Morgan fingerprint density at radius 1 is 1.19 bits per heavy atom. The highest BCUT2D eigenvalue weighted by Crippen LogP contribution is 2.43. The minimum Gasteiger partial charge on any atom is -0.483 e. The topological polar surface area (TPSA) is 187 Å². The first-order valence-electron chi connectivity index (χ1n) is 10.6. The molecule has 1 amide bonds. The molecule has 2 aromatic carbocycles. The fraction of sp³-hybridized carbons (Fsp3) is 0.125. The Hall–Kier alpha value is -4.81. The van der Waals surface area contributed by atoms with Crippen LogP contribution in [-0.2, 0) is 11.3 Å². The highest BCUT2D eigenvalue weighted by molar-refractivity contribution is 9.10. The van der Waals surface area contributed by atoms with E-state index in [1.807, 2.05) is 36.4 Å². The van der Waals surface area contributed by atoms with Crippen molar-refractivity contribution in [2.75, 3.05) is 23.4 Å². The van der Waals surface area contributed by atoms with E-state index < -0.39 is 6.04 Å². The normalized spacial score (nSPS) is 13.8. The summed E-state index contributed by atoms with van der Waals surface area (Å²) in [6, 6.07) is 15.9. The monoisotopic (exact) mass is 545 g/mol. The first kappa shape index (κ1) is 24.3. The van der Waals surface area contributed by atoms with Crippen molar-refractivity contribution in [1.82, 2.24) is 15.6 Å². The van der Waals surface area contributed by atoms with Gasteiger partial charge in [0.05, 0.1) is 5.69 Å². The molecule has 0 radical (unpaired) electrons. The number of guanidine groups is 1. The van der Waals surface area contributed by atoms with Crippen molar-refractivity contribution in [3.63, 3.8) is 0 Å². The lowest BCUT2D eigenvalue weighted by Crippen LogP contribution is -2.33. The van der Waals surface area contributed by atoms with E-state index in [0.29, 0.717) is 27.9 Å². The van der Waals surface area contributed by atoms with E-state index in [1.54, 1.807) is 24.4 Å². The number of nitrogens with zero attached hydrogens (tertiary/aromatic N) is 4. The van der Waals surface area contributed by atoms with E-state index in [2.05, 4.69) is 41.9 Å². The Bertz CT molecular complexity index is 1430. The molecule has 1 atom stereocenters. The molecule has 3 aromatic rings. The van der Waals surface area contributed by atoms with Crippen molar-refractivity contribution < 1.29 is 9.53 Å². The number of carbonyl (C=O) groups excluding carboxylic acids is 1. The van der Waals surface area contributed by atoms with Crippen LogP contribution in [0.25, 0.3) is 0 Å². The number of hydrogen-bond donors (Lipinski definition) is 5. The second kappa shape index (κ2) is 10.6.